The first-order valence-electron chi connectivity index (χ1n) is 8.51. The maximum atomic E-state index is 13.4. The minimum absolute atomic E-state index is 0.0662. The highest BCUT2D eigenvalue weighted by molar-refractivity contribution is 5.99. The third kappa shape index (κ3) is 4.54. The minimum Gasteiger partial charge on any atom is -0.339 e. The first kappa shape index (κ1) is 19.8. The van der Waals surface area contributed by atoms with Gasteiger partial charge in [0, 0.05) is 25.5 Å². The van der Waals surface area contributed by atoms with E-state index in [2.05, 4.69) is 0 Å². The monoisotopic (exact) mass is 359 g/mol. The van der Waals surface area contributed by atoms with Crippen LogP contribution < -0.4 is 0 Å². The average Bonchev–Trinajstić information content (AvgIpc) is 2.62. The van der Waals surface area contributed by atoms with Crippen LogP contribution in [0.2, 0.25) is 0 Å². The number of amides is 1. The highest BCUT2D eigenvalue weighted by atomic mass is 19.2. The van der Waals surface area contributed by atoms with Gasteiger partial charge in [0.15, 0.2) is 17.4 Å². The molecule has 1 amide bonds. The molecule has 2 aromatic carbocycles. The van der Waals surface area contributed by atoms with Crippen LogP contribution in [0.5, 0.6) is 0 Å². The number of nitrogens with zero attached hydrogens (tertiary/aromatic N) is 1. The van der Waals surface area contributed by atoms with Crippen molar-refractivity contribution in [3.63, 3.8) is 0 Å². The molecule has 2 aromatic rings. The molecule has 26 heavy (non-hydrogen) atoms. The van der Waals surface area contributed by atoms with Crippen LogP contribution in [0.25, 0.3) is 0 Å². The van der Waals surface area contributed by atoms with Gasteiger partial charge in [0.05, 0.1) is 6.04 Å². The number of halogens is 2. The maximum Gasteiger partial charge on any atom is 0.223 e. The number of rotatable bonds is 6. The van der Waals surface area contributed by atoms with E-state index in [1.54, 1.807) is 14.0 Å². The molecular formula is C21H23F2NO2. The number of hydrogen-bond acceptors (Lipinski definition) is 2. The van der Waals surface area contributed by atoms with Crippen LogP contribution in [0.3, 0.4) is 0 Å². The highest BCUT2D eigenvalue weighted by Crippen LogP contribution is 2.22. The number of aryl methyl sites for hydroxylation is 2. The molecule has 0 fully saturated rings. The van der Waals surface area contributed by atoms with E-state index in [0.29, 0.717) is 11.1 Å². The Hall–Kier alpha value is -2.56. The maximum absolute atomic E-state index is 13.4. The van der Waals surface area contributed by atoms with Crippen LogP contribution in [0.4, 0.5) is 8.78 Å². The summed E-state index contributed by atoms with van der Waals surface area (Å²) in [6.45, 7) is 5.52. The fourth-order valence-electron chi connectivity index (χ4n) is 2.78. The normalized spacial score (nSPS) is 11.9. The summed E-state index contributed by atoms with van der Waals surface area (Å²) in [4.78, 5) is 26.3. The molecule has 0 bridgehead atoms. The summed E-state index contributed by atoms with van der Waals surface area (Å²) in [6.07, 6.45) is 0.175. The van der Waals surface area contributed by atoms with Gasteiger partial charge in [-0.3, -0.25) is 9.59 Å². The van der Waals surface area contributed by atoms with E-state index in [4.69, 9.17) is 0 Å². The first-order chi connectivity index (χ1) is 12.2. The minimum atomic E-state index is -0.944. The predicted molar refractivity (Wildman–Crippen MR) is 97.0 cm³/mol. The summed E-state index contributed by atoms with van der Waals surface area (Å²) < 4.78 is 26.5. The molecule has 0 saturated heterocycles. The van der Waals surface area contributed by atoms with Crippen molar-refractivity contribution >= 4 is 11.7 Å². The highest BCUT2D eigenvalue weighted by Gasteiger charge is 2.20. The lowest BCUT2D eigenvalue weighted by Crippen LogP contribution is -2.30. The third-order valence-corrected chi connectivity index (χ3v) is 4.66. The van der Waals surface area contributed by atoms with Crippen molar-refractivity contribution in [1.82, 2.24) is 4.90 Å². The lowest BCUT2D eigenvalue weighted by atomic mass is 9.99. The molecule has 0 aliphatic carbocycles. The second-order valence-electron chi connectivity index (χ2n) is 6.60. The Labute approximate surface area is 152 Å². The molecule has 0 N–H and O–H groups in total. The summed E-state index contributed by atoms with van der Waals surface area (Å²) in [6, 6.07) is 8.82. The van der Waals surface area contributed by atoms with Gasteiger partial charge in [-0.15, -0.1) is 0 Å². The Morgan fingerprint density at radius 2 is 1.69 bits per heavy atom. The Morgan fingerprint density at radius 1 is 1.00 bits per heavy atom. The Bertz CT molecular complexity index is 833. The smallest absolute Gasteiger partial charge is 0.223 e. The zero-order chi connectivity index (χ0) is 19.4. The number of carbonyl (C=O) groups is 2. The van der Waals surface area contributed by atoms with E-state index in [9.17, 15) is 18.4 Å². The summed E-state index contributed by atoms with van der Waals surface area (Å²) >= 11 is 0. The number of hydrogen-bond donors (Lipinski definition) is 0. The lowest BCUT2D eigenvalue weighted by Gasteiger charge is -2.25. The van der Waals surface area contributed by atoms with Crippen LogP contribution in [-0.2, 0) is 4.79 Å². The number of ketones is 1. The topological polar surface area (TPSA) is 37.4 Å². The molecule has 138 valence electrons. The second-order valence-corrected chi connectivity index (χ2v) is 6.60. The van der Waals surface area contributed by atoms with Crippen molar-refractivity contribution < 1.29 is 18.4 Å². The SMILES string of the molecule is Cc1ccc(C)c(C(=O)CCC(=O)N(C)C(C)c2ccc(F)c(F)c2)c1. The van der Waals surface area contributed by atoms with Crippen LogP contribution in [0, 0.1) is 25.5 Å². The zero-order valence-corrected chi connectivity index (χ0v) is 15.5. The molecule has 3 nitrogen and oxygen atoms in total. The van der Waals surface area contributed by atoms with E-state index in [1.807, 2.05) is 32.0 Å². The van der Waals surface area contributed by atoms with E-state index in [1.165, 1.54) is 11.0 Å². The van der Waals surface area contributed by atoms with Crippen molar-refractivity contribution in [2.24, 2.45) is 0 Å². The second kappa shape index (κ2) is 8.21. The van der Waals surface area contributed by atoms with Crippen LogP contribution in [0.1, 0.15) is 52.9 Å². The van der Waals surface area contributed by atoms with Crippen LogP contribution in [0.15, 0.2) is 36.4 Å². The Morgan fingerprint density at radius 3 is 2.35 bits per heavy atom. The van der Waals surface area contributed by atoms with Crippen molar-refractivity contribution in [1.29, 1.82) is 0 Å². The Kier molecular flexibility index (Phi) is 6.24. The average molecular weight is 359 g/mol. The summed E-state index contributed by atoms with van der Waals surface area (Å²) in [5.41, 5.74) is 3.01. The first-order valence-corrected chi connectivity index (χ1v) is 8.51. The molecule has 5 heteroatoms. The van der Waals surface area contributed by atoms with E-state index in [-0.39, 0.29) is 24.5 Å². The van der Waals surface area contributed by atoms with Gasteiger partial charge >= 0.3 is 0 Å². The number of benzene rings is 2. The standard InChI is InChI=1S/C21H23F2NO2/c1-13-5-6-14(2)17(11-13)20(25)9-10-21(26)24(4)15(3)16-7-8-18(22)19(23)12-16/h5-8,11-12,15H,9-10H2,1-4H3. The van der Waals surface area contributed by atoms with Crippen LogP contribution in [-0.4, -0.2) is 23.6 Å². The Balaban J connectivity index is 2.01. The molecule has 0 aromatic heterocycles. The largest absolute Gasteiger partial charge is 0.339 e. The molecule has 1 unspecified atom stereocenters. The fraction of sp³-hybridized carbons (Fsp3) is 0.333. The molecular weight excluding hydrogens is 336 g/mol. The predicted octanol–water partition coefficient (Wildman–Crippen LogP) is 4.76. The molecule has 0 saturated carbocycles. The molecule has 0 radical (unpaired) electrons. The van der Waals surface area contributed by atoms with Crippen molar-refractivity contribution in [2.75, 3.05) is 7.05 Å². The molecule has 2 rings (SSSR count). The molecule has 1 atom stereocenters. The molecule has 0 heterocycles. The van der Waals surface area contributed by atoms with E-state index in [0.717, 1.165) is 23.3 Å². The summed E-state index contributed by atoms with van der Waals surface area (Å²) in [5.74, 6) is -2.16. The summed E-state index contributed by atoms with van der Waals surface area (Å²) in [5, 5.41) is 0. The number of Topliss-reactive ketones (excluding diaryl/α,β-unsaturated/α-hetero) is 1. The van der Waals surface area contributed by atoms with Gasteiger partial charge < -0.3 is 4.90 Å². The zero-order valence-electron chi connectivity index (χ0n) is 15.5. The van der Waals surface area contributed by atoms with Gasteiger partial charge in [-0.25, -0.2) is 8.78 Å². The molecule has 0 spiro atoms. The van der Waals surface area contributed by atoms with Gasteiger partial charge in [0.25, 0.3) is 0 Å². The quantitative estimate of drug-likeness (QED) is 0.697. The van der Waals surface area contributed by atoms with Gasteiger partial charge in [-0.1, -0.05) is 23.8 Å². The number of carbonyl (C=O) groups excluding carboxylic acids is 2. The van der Waals surface area contributed by atoms with Crippen molar-refractivity contribution in [2.45, 2.75) is 39.7 Å². The van der Waals surface area contributed by atoms with E-state index >= 15 is 0 Å². The van der Waals surface area contributed by atoms with Gasteiger partial charge in [0.2, 0.25) is 5.91 Å². The van der Waals surface area contributed by atoms with Gasteiger partial charge in [-0.2, -0.15) is 0 Å². The van der Waals surface area contributed by atoms with Gasteiger partial charge in [0.1, 0.15) is 0 Å². The molecule has 0 aliphatic rings. The third-order valence-electron chi connectivity index (χ3n) is 4.66. The van der Waals surface area contributed by atoms with Gasteiger partial charge in [-0.05, 0) is 50.1 Å². The fourth-order valence-corrected chi connectivity index (χ4v) is 2.78. The van der Waals surface area contributed by atoms with Crippen molar-refractivity contribution in [3.8, 4) is 0 Å². The van der Waals surface area contributed by atoms with Crippen LogP contribution >= 0.6 is 0 Å². The van der Waals surface area contributed by atoms with Crippen molar-refractivity contribution in [3.05, 3.63) is 70.3 Å². The van der Waals surface area contributed by atoms with E-state index < -0.39 is 17.7 Å². The molecule has 0 aliphatic heterocycles. The summed E-state index contributed by atoms with van der Waals surface area (Å²) in [7, 11) is 1.59. The lowest BCUT2D eigenvalue weighted by molar-refractivity contribution is -0.131.